The van der Waals surface area contributed by atoms with Gasteiger partial charge in [-0.05, 0) is 37.5 Å². The zero-order valence-electron chi connectivity index (χ0n) is 15.4. The van der Waals surface area contributed by atoms with E-state index in [1.54, 1.807) is 31.2 Å². The Morgan fingerprint density at radius 1 is 1.26 bits per heavy atom. The lowest BCUT2D eigenvalue weighted by Gasteiger charge is -2.25. The van der Waals surface area contributed by atoms with Crippen molar-refractivity contribution in [3.8, 4) is 16.9 Å². The minimum absolute atomic E-state index is 0.129. The second kappa shape index (κ2) is 9.39. The van der Waals surface area contributed by atoms with Crippen molar-refractivity contribution in [2.75, 3.05) is 18.9 Å². The molecule has 0 aliphatic rings. The molecule has 2 rings (SSSR count). The summed E-state index contributed by atoms with van der Waals surface area (Å²) in [6.45, 7) is 9.51. The minimum Gasteiger partial charge on any atom is -0.491 e. The Balaban J connectivity index is 2.15. The van der Waals surface area contributed by atoms with Gasteiger partial charge in [-0.1, -0.05) is 24.3 Å². The summed E-state index contributed by atoms with van der Waals surface area (Å²) in [6, 6.07) is 7.28. The average molecular weight is 388 g/mol. The van der Waals surface area contributed by atoms with Gasteiger partial charge < -0.3 is 20.3 Å². The molecule has 0 saturated heterocycles. The van der Waals surface area contributed by atoms with Crippen molar-refractivity contribution >= 4 is 22.3 Å². The van der Waals surface area contributed by atoms with E-state index in [4.69, 9.17) is 15.2 Å². The Hall–Kier alpha value is -2.57. The molecular formula is C21H25NO4S. The van der Waals surface area contributed by atoms with Crippen LogP contribution in [0.25, 0.3) is 11.1 Å². The molecule has 0 saturated carbocycles. The van der Waals surface area contributed by atoms with Crippen molar-refractivity contribution in [2.45, 2.75) is 25.4 Å². The second-order valence-electron chi connectivity index (χ2n) is 6.13. The van der Waals surface area contributed by atoms with Crippen LogP contribution in [0.5, 0.6) is 5.75 Å². The summed E-state index contributed by atoms with van der Waals surface area (Å²) < 4.78 is 10.8. The van der Waals surface area contributed by atoms with Crippen molar-refractivity contribution in [2.24, 2.45) is 0 Å². The first kappa shape index (κ1) is 20.7. The van der Waals surface area contributed by atoms with E-state index in [9.17, 15) is 9.90 Å². The lowest BCUT2D eigenvalue weighted by molar-refractivity contribution is 0.000244. The Morgan fingerprint density at radius 3 is 2.44 bits per heavy atom. The van der Waals surface area contributed by atoms with Crippen LogP contribution in [0.15, 0.2) is 55.0 Å². The third-order valence-corrected chi connectivity index (χ3v) is 4.83. The number of carbonyl (C=O) groups is 1. The number of rotatable bonds is 10. The highest BCUT2D eigenvalue weighted by atomic mass is 32.1. The van der Waals surface area contributed by atoms with E-state index in [-0.39, 0.29) is 6.61 Å². The summed E-state index contributed by atoms with van der Waals surface area (Å²) in [4.78, 5) is 12.2. The SMILES string of the molecule is C=CCC(O)(CC=C)COc1ccc(-c2csc(N)c2C(=O)OCC)cc1. The molecule has 0 aliphatic carbocycles. The van der Waals surface area contributed by atoms with Gasteiger partial charge in [0, 0.05) is 10.9 Å². The van der Waals surface area contributed by atoms with Crippen LogP contribution in [0.3, 0.4) is 0 Å². The number of benzene rings is 1. The molecule has 0 bridgehead atoms. The van der Waals surface area contributed by atoms with Crippen LogP contribution in [0.1, 0.15) is 30.1 Å². The zero-order valence-corrected chi connectivity index (χ0v) is 16.3. The fourth-order valence-electron chi connectivity index (χ4n) is 2.69. The summed E-state index contributed by atoms with van der Waals surface area (Å²) >= 11 is 1.30. The minimum atomic E-state index is -1.03. The molecule has 2 aromatic rings. The van der Waals surface area contributed by atoms with Gasteiger partial charge in [0.1, 0.15) is 28.5 Å². The maximum absolute atomic E-state index is 12.2. The number of nitrogen functional groups attached to an aromatic ring is 1. The summed E-state index contributed by atoms with van der Waals surface area (Å²) in [5.41, 5.74) is 6.88. The van der Waals surface area contributed by atoms with E-state index >= 15 is 0 Å². The van der Waals surface area contributed by atoms with Crippen LogP contribution in [0, 0.1) is 0 Å². The van der Waals surface area contributed by atoms with E-state index in [1.807, 2.05) is 17.5 Å². The van der Waals surface area contributed by atoms with Gasteiger partial charge in [-0.15, -0.1) is 24.5 Å². The van der Waals surface area contributed by atoms with Crippen molar-refractivity contribution in [3.05, 3.63) is 60.5 Å². The molecular weight excluding hydrogens is 362 g/mol. The van der Waals surface area contributed by atoms with Gasteiger partial charge in [0.15, 0.2) is 0 Å². The molecule has 27 heavy (non-hydrogen) atoms. The molecule has 0 amide bonds. The van der Waals surface area contributed by atoms with Crippen LogP contribution in [0.2, 0.25) is 0 Å². The number of esters is 1. The third-order valence-electron chi connectivity index (χ3n) is 4.02. The van der Waals surface area contributed by atoms with Crippen LogP contribution in [-0.4, -0.2) is 29.9 Å². The highest BCUT2D eigenvalue weighted by Crippen LogP contribution is 2.35. The second-order valence-corrected chi connectivity index (χ2v) is 7.04. The summed E-state index contributed by atoms with van der Waals surface area (Å²) in [6.07, 6.45) is 4.14. The van der Waals surface area contributed by atoms with E-state index in [2.05, 4.69) is 13.2 Å². The summed E-state index contributed by atoms with van der Waals surface area (Å²) in [5.74, 6) is 0.191. The zero-order chi connectivity index (χ0) is 19.9. The lowest BCUT2D eigenvalue weighted by Crippen LogP contribution is -2.34. The van der Waals surface area contributed by atoms with Gasteiger partial charge in [0.25, 0.3) is 0 Å². The number of nitrogens with two attached hydrogens (primary N) is 1. The highest BCUT2D eigenvalue weighted by Gasteiger charge is 2.25. The van der Waals surface area contributed by atoms with Crippen molar-refractivity contribution in [1.29, 1.82) is 0 Å². The van der Waals surface area contributed by atoms with E-state index in [1.165, 1.54) is 11.3 Å². The van der Waals surface area contributed by atoms with Crippen molar-refractivity contribution in [1.82, 2.24) is 0 Å². The Labute approximate surface area is 163 Å². The molecule has 1 aromatic heterocycles. The number of aliphatic hydroxyl groups is 1. The smallest absolute Gasteiger partial charge is 0.341 e. The number of hydrogen-bond donors (Lipinski definition) is 2. The van der Waals surface area contributed by atoms with E-state index < -0.39 is 11.6 Å². The molecule has 144 valence electrons. The molecule has 0 spiro atoms. The predicted molar refractivity (Wildman–Crippen MR) is 110 cm³/mol. The van der Waals surface area contributed by atoms with Crippen LogP contribution < -0.4 is 10.5 Å². The first-order valence-electron chi connectivity index (χ1n) is 8.65. The van der Waals surface area contributed by atoms with E-state index in [0.29, 0.717) is 35.8 Å². The maximum atomic E-state index is 12.2. The molecule has 0 fully saturated rings. The molecule has 6 heteroatoms. The standard InChI is InChI=1S/C21H25NO4S/c1-4-11-21(24,12-5-2)14-26-16-9-7-15(8-10-16)17-13-27-19(22)18(17)20(23)25-6-3/h4-5,7-10,13,24H,1-2,6,11-12,14,22H2,3H3. The topological polar surface area (TPSA) is 81.8 Å². The largest absolute Gasteiger partial charge is 0.491 e. The van der Waals surface area contributed by atoms with E-state index in [0.717, 1.165) is 11.1 Å². The van der Waals surface area contributed by atoms with Crippen molar-refractivity contribution in [3.63, 3.8) is 0 Å². The van der Waals surface area contributed by atoms with Gasteiger partial charge in [0.05, 0.1) is 6.61 Å². The summed E-state index contributed by atoms with van der Waals surface area (Å²) in [5, 5.41) is 12.8. The average Bonchev–Trinajstić information content (AvgIpc) is 3.03. The van der Waals surface area contributed by atoms with Gasteiger partial charge in [0.2, 0.25) is 0 Å². The molecule has 3 N–H and O–H groups in total. The number of thiophene rings is 1. The maximum Gasteiger partial charge on any atom is 0.341 e. The molecule has 1 heterocycles. The molecule has 1 aromatic carbocycles. The Morgan fingerprint density at radius 2 is 1.89 bits per heavy atom. The number of carbonyl (C=O) groups excluding carboxylic acids is 1. The molecule has 5 nitrogen and oxygen atoms in total. The fourth-order valence-corrected chi connectivity index (χ4v) is 3.50. The first-order chi connectivity index (χ1) is 12.9. The quantitative estimate of drug-likeness (QED) is 0.465. The molecule has 0 radical (unpaired) electrons. The lowest BCUT2D eigenvalue weighted by atomic mass is 9.97. The third kappa shape index (κ3) is 5.21. The van der Waals surface area contributed by atoms with Crippen LogP contribution in [-0.2, 0) is 4.74 Å². The normalized spacial score (nSPS) is 11.0. The summed E-state index contributed by atoms with van der Waals surface area (Å²) in [7, 11) is 0. The Kier molecular flexibility index (Phi) is 7.21. The highest BCUT2D eigenvalue weighted by molar-refractivity contribution is 7.14. The molecule has 0 unspecified atom stereocenters. The first-order valence-corrected chi connectivity index (χ1v) is 9.53. The monoisotopic (exact) mass is 387 g/mol. The van der Waals surface area contributed by atoms with Gasteiger partial charge in [-0.2, -0.15) is 0 Å². The van der Waals surface area contributed by atoms with Gasteiger partial charge in [-0.25, -0.2) is 4.79 Å². The van der Waals surface area contributed by atoms with Crippen LogP contribution in [0.4, 0.5) is 5.00 Å². The fraction of sp³-hybridized carbons (Fsp3) is 0.286. The molecule has 0 aliphatic heterocycles. The Bertz CT molecular complexity index is 785. The number of ether oxygens (including phenoxy) is 2. The van der Waals surface area contributed by atoms with Crippen LogP contribution >= 0.6 is 11.3 Å². The van der Waals surface area contributed by atoms with Gasteiger partial charge in [-0.3, -0.25) is 0 Å². The predicted octanol–water partition coefficient (Wildman–Crippen LogP) is 4.44. The van der Waals surface area contributed by atoms with Crippen molar-refractivity contribution < 1.29 is 19.4 Å². The van der Waals surface area contributed by atoms with Gasteiger partial charge >= 0.3 is 5.97 Å². The number of anilines is 1. The molecule has 0 atom stereocenters. The number of hydrogen-bond acceptors (Lipinski definition) is 6.